The van der Waals surface area contributed by atoms with Crippen LogP contribution in [-0.4, -0.2) is 45.4 Å². The zero-order valence-corrected chi connectivity index (χ0v) is 25.0. The third-order valence-corrected chi connectivity index (χ3v) is 6.94. The van der Waals surface area contributed by atoms with Crippen LogP contribution in [0.1, 0.15) is 49.2 Å². The summed E-state index contributed by atoms with van der Waals surface area (Å²) in [4.78, 5) is 30.4. The number of imidazole rings is 1. The first-order valence-electron chi connectivity index (χ1n) is 13.3. The minimum Gasteiger partial charge on any atom is -0.490 e. The molecule has 0 saturated carbocycles. The summed E-state index contributed by atoms with van der Waals surface area (Å²) in [5.74, 6) is -0.270. The normalized spacial score (nSPS) is 12.1. The molecule has 0 fully saturated rings. The Hall–Kier alpha value is -4.20. The molecule has 0 radical (unpaired) electrons. The molecule has 2 heterocycles. The van der Waals surface area contributed by atoms with Gasteiger partial charge >= 0.3 is 0 Å². The Labute approximate surface area is 247 Å². The third kappa shape index (κ3) is 7.51. The maximum absolute atomic E-state index is 13.2. The number of carbonyl (C=O) groups is 2. The van der Waals surface area contributed by atoms with Crippen molar-refractivity contribution in [3.63, 3.8) is 0 Å². The Bertz CT molecular complexity index is 1600. The van der Waals surface area contributed by atoms with E-state index in [4.69, 9.17) is 15.5 Å². The molecule has 4 aromatic rings. The van der Waals surface area contributed by atoms with Crippen LogP contribution in [0.2, 0.25) is 0 Å². The maximum Gasteiger partial charge on any atom is 0.251 e. The molecule has 0 spiro atoms. The standard InChI is InChI=1S/C31H33BrN6O3/c1-19(2)41-27-12-11-22(15-23(27)16-33)29(39)36-24(17-35-30(40)31(3,4)34)14-20-7-9-21(10-8-20)26-18-38-13-5-6-25(32)28(38)37-26/h5-13,15,18-19,24H,14,17,34H2,1-4H3,(H,35,40)(H,36,39). The van der Waals surface area contributed by atoms with Crippen molar-refractivity contribution in [1.29, 1.82) is 5.26 Å². The van der Waals surface area contributed by atoms with Gasteiger partial charge in [-0.05, 0) is 85.9 Å². The lowest BCUT2D eigenvalue weighted by Gasteiger charge is -2.23. The minimum atomic E-state index is -1.06. The highest BCUT2D eigenvalue weighted by Crippen LogP contribution is 2.24. The van der Waals surface area contributed by atoms with Crippen molar-refractivity contribution < 1.29 is 14.3 Å². The molecule has 2 aromatic carbocycles. The summed E-state index contributed by atoms with van der Waals surface area (Å²) in [6.45, 7) is 7.15. The number of fused-ring (bicyclic) bond motifs is 1. The van der Waals surface area contributed by atoms with Gasteiger partial charge in [-0.2, -0.15) is 5.26 Å². The fourth-order valence-corrected chi connectivity index (χ4v) is 4.66. The van der Waals surface area contributed by atoms with Gasteiger partial charge in [-0.25, -0.2) is 4.98 Å². The predicted octanol–water partition coefficient (Wildman–Crippen LogP) is 4.62. The molecule has 212 valence electrons. The molecule has 9 nitrogen and oxygen atoms in total. The van der Waals surface area contributed by atoms with Gasteiger partial charge in [-0.3, -0.25) is 9.59 Å². The van der Waals surface area contributed by atoms with Crippen molar-refractivity contribution in [3.8, 4) is 23.1 Å². The number of nitrogens with zero attached hydrogens (tertiary/aromatic N) is 3. The van der Waals surface area contributed by atoms with E-state index in [9.17, 15) is 14.9 Å². The molecular formula is C31H33BrN6O3. The average molecular weight is 618 g/mol. The Kier molecular flexibility index (Phi) is 9.11. The Morgan fingerprint density at radius 3 is 2.54 bits per heavy atom. The van der Waals surface area contributed by atoms with E-state index in [-0.39, 0.29) is 30.0 Å². The molecule has 4 rings (SSSR count). The van der Waals surface area contributed by atoms with Gasteiger partial charge in [0, 0.05) is 30.1 Å². The van der Waals surface area contributed by atoms with E-state index in [0.717, 1.165) is 26.9 Å². The van der Waals surface area contributed by atoms with Gasteiger partial charge in [0.25, 0.3) is 5.91 Å². The fourth-order valence-electron chi connectivity index (χ4n) is 4.22. The lowest BCUT2D eigenvalue weighted by molar-refractivity contribution is -0.125. The van der Waals surface area contributed by atoms with Crippen LogP contribution in [0.4, 0.5) is 0 Å². The van der Waals surface area contributed by atoms with Crippen LogP contribution in [0.25, 0.3) is 16.9 Å². The van der Waals surface area contributed by atoms with E-state index < -0.39 is 11.6 Å². The molecule has 0 aliphatic carbocycles. The van der Waals surface area contributed by atoms with E-state index in [1.807, 2.05) is 67.0 Å². The topological polar surface area (TPSA) is 135 Å². The van der Waals surface area contributed by atoms with Crippen LogP contribution in [0.3, 0.4) is 0 Å². The van der Waals surface area contributed by atoms with Gasteiger partial charge in [0.1, 0.15) is 11.8 Å². The number of nitrogens with one attached hydrogen (secondary N) is 2. The van der Waals surface area contributed by atoms with E-state index in [1.54, 1.807) is 26.0 Å². The lowest BCUT2D eigenvalue weighted by Crippen LogP contribution is -2.53. The summed E-state index contributed by atoms with van der Waals surface area (Å²) < 4.78 is 8.54. The number of ether oxygens (including phenoxy) is 1. The zero-order chi connectivity index (χ0) is 29.7. The van der Waals surface area contributed by atoms with Gasteiger partial charge < -0.3 is 25.5 Å². The number of nitriles is 1. The van der Waals surface area contributed by atoms with Crippen LogP contribution in [0.5, 0.6) is 5.75 Å². The quantitative estimate of drug-likeness (QED) is 0.238. The van der Waals surface area contributed by atoms with Gasteiger partial charge in [-0.1, -0.05) is 24.3 Å². The number of rotatable bonds is 10. The molecule has 4 N–H and O–H groups in total. The lowest BCUT2D eigenvalue weighted by atomic mass is 10.0. The number of benzene rings is 2. The number of aromatic nitrogens is 2. The molecule has 2 amide bonds. The SMILES string of the molecule is CC(C)Oc1ccc(C(=O)NC(CNC(=O)C(C)(C)N)Cc2ccc(-c3cn4cccc(Br)c4n3)cc2)cc1C#N. The minimum absolute atomic E-state index is 0.109. The van der Waals surface area contributed by atoms with E-state index in [0.29, 0.717) is 17.7 Å². The second-order valence-electron chi connectivity index (χ2n) is 10.7. The summed E-state index contributed by atoms with van der Waals surface area (Å²) in [7, 11) is 0. The van der Waals surface area contributed by atoms with Crippen molar-refractivity contribution in [1.82, 2.24) is 20.0 Å². The van der Waals surface area contributed by atoms with Gasteiger partial charge in [0.05, 0.1) is 33.4 Å². The van der Waals surface area contributed by atoms with E-state index in [1.165, 1.54) is 6.07 Å². The first kappa shape index (κ1) is 29.8. The largest absolute Gasteiger partial charge is 0.490 e. The molecule has 1 unspecified atom stereocenters. The molecule has 0 aliphatic rings. The highest BCUT2D eigenvalue weighted by molar-refractivity contribution is 9.10. The molecular weight excluding hydrogens is 584 g/mol. The summed E-state index contributed by atoms with van der Waals surface area (Å²) in [5, 5.41) is 15.4. The first-order valence-corrected chi connectivity index (χ1v) is 14.0. The number of carbonyl (C=O) groups excluding carboxylic acids is 2. The summed E-state index contributed by atoms with van der Waals surface area (Å²) in [5.41, 5.74) is 9.06. The molecule has 0 bridgehead atoms. The second-order valence-corrected chi connectivity index (χ2v) is 11.6. The summed E-state index contributed by atoms with van der Waals surface area (Å²) in [6, 6.07) is 18.2. The molecule has 10 heteroatoms. The number of amides is 2. The molecule has 0 aliphatic heterocycles. The Balaban J connectivity index is 1.53. The van der Waals surface area contributed by atoms with Crippen molar-refractivity contribution >= 4 is 33.4 Å². The number of hydrogen-bond acceptors (Lipinski definition) is 6. The van der Waals surface area contributed by atoms with Crippen LogP contribution in [0, 0.1) is 11.3 Å². The first-order chi connectivity index (χ1) is 19.4. The Morgan fingerprint density at radius 1 is 1.17 bits per heavy atom. The van der Waals surface area contributed by atoms with Crippen molar-refractivity contribution in [2.45, 2.75) is 51.8 Å². The second kappa shape index (κ2) is 12.5. The van der Waals surface area contributed by atoms with Crippen LogP contribution in [0.15, 0.2) is 71.5 Å². The van der Waals surface area contributed by atoms with Crippen LogP contribution < -0.4 is 21.1 Å². The van der Waals surface area contributed by atoms with E-state index in [2.05, 4.69) is 32.6 Å². The summed E-state index contributed by atoms with van der Waals surface area (Å²) >= 11 is 3.54. The van der Waals surface area contributed by atoms with Crippen molar-refractivity contribution in [2.75, 3.05) is 6.54 Å². The number of halogens is 1. The number of pyridine rings is 1. The highest BCUT2D eigenvalue weighted by atomic mass is 79.9. The molecule has 1 atom stereocenters. The Morgan fingerprint density at radius 2 is 1.90 bits per heavy atom. The van der Waals surface area contributed by atoms with Crippen molar-refractivity contribution in [2.24, 2.45) is 5.73 Å². The highest BCUT2D eigenvalue weighted by Gasteiger charge is 2.24. The zero-order valence-electron chi connectivity index (χ0n) is 23.4. The fraction of sp³-hybridized carbons (Fsp3) is 0.290. The van der Waals surface area contributed by atoms with E-state index >= 15 is 0 Å². The van der Waals surface area contributed by atoms with Crippen molar-refractivity contribution in [3.05, 3.63) is 88.2 Å². The van der Waals surface area contributed by atoms with Crippen LogP contribution >= 0.6 is 15.9 Å². The molecule has 0 saturated heterocycles. The summed E-state index contributed by atoms with van der Waals surface area (Å²) in [6.07, 6.45) is 4.25. The number of hydrogen-bond donors (Lipinski definition) is 3. The van der Waals surface area contributed by atoms with Gasteiger partial charge in [-0.15, -0.1) is 0 Å². The van der Waals surface area contributed by atoms with Gasteiger partial charge in [0.2, 0.25) is 5.91 Å². The van der Waals surface area contributed by atoms with Crippen LogP contribution in [-0.2, 0) is 11.2 Å². The smallest absolute Gasteiger partial charge is 0.251 e. The number of nitrogens with two attached hydrogens (primary N) is 1. The third-order valence-electron chi connectivity index (χ3n) is 6.32. The molecule has 2 aromatic heterocycles. The molecule has 41 heavy (non-hydrogen) atoms. The maximum atomic E-state index is 13.2. The van der Waals surface area contributed by atoms with Gasteiger partial charge in [0.15, 0.2) is 5.65 Å². The monoisotopic (exact) mass is 616 g/mol. The average Bonchev–Trinajstić information content (AvgIpc) is 3.37. The predicted molar refractivity (Wildman–Crippen MR) is 161 cm³/mol.